The van der Waals surface area contributed by atoms with E-state index >= 15 is 0 Å². The molecular formula is C18H26N2. The molecule has 2 rings (SSSR count). The summed E-state index contributed by atoms with van der Waals surface area (Å²) in [5, 5.41) is 8.41. The lowest BCUT2D eigenvalue weighted by atomic mass is 10.3. The third-order valence-corrected chi connectivity index (χ3v) is 2.21. The molecule has 0 aromatic carbocycles. The molecule has 0 unspecified atom stereocenters. The van der Waals surface area contributed by atoms with E-state index in [9.17, 15) is 0 Å². The maximum atomic E-state index is 4.20. The molecule has 20 heavy (non-hydrogen) atoms. The molecule has 0 bridgehead atoms. The number of azo groups is 1. The van der Waals surface area contributed by atoms with Crippen molar-refractivity contribution in [3.05, 3.63) is 72.2 Å². The quantitative estimate of drug-likeness (QED) is 0.527. The maximum absolute atomic E-state index is 4.20. The summed E-state index contributed by atoms with van der Waals surface area (Å²) in [4.78, 5) is 0. The number of hydrogen-bond donors (Lipinski definition) is 0. The van der Waals surface area contributed by atoms with Gasteiger partial charge in [0.15, 0.2) is 0 Å². The normalized spacial score (nSPS) is 16.2. The summed E-state index contributed by atoms with van der Waals surface area (Å²) in [5.74, 6) is 0. The zero-order valence-electron chi connectivity index (χ0n) is 13.1. The van der Waals surface area contributed by atoms with Crippen LogP contribution in [0.4, 0.5) is 0 Å². The Morgan fingerprint density at radius 3 is 1.45 bits per heavy atom. The zero-order valence-corrected chi connectivity index (χ0v) is 13.1. The van der Waals surface area contributed by atoms with Crippen molar-refractivity contribution in [1.82, 2.24) is 0 Å². The van der Waals surface area contributed by atoms with E-state index in [2.05, 4.69) is 34.5 Å². The fourth-order valence-corrected chi connectivity index (χ4v) is 1.39. The number of hydrogen-bond acceptors (Lipinski definition) is 2. The summed E-state index contributed by atoms with van der Waals surface area (Å²) in [6, 6.07) is 0. The molecule has 2 nitrogen and oxygen atoms in total. The molecule has 2 heteroatoms. The van der Waals surface area contributed by atoms with Gasteiger partial charge in [-0.3, -0.25) is 0 Å². The minimum absolute atomic E-state index is 0.885. The van der Waals surface area contributed by atoms with E-state index in [1.54, 1.807) is 0 Å². The molecule has 0 heterocycles. The standard InChI is InChI=1S/C14H14N2.2C2H6/c1-2-6-10-13(9-5-1)15-16-14-11-7-3-4-8-12-14;2*1-2/h1,3,5-12H,2,4H2;2*1-2H3. The minimum atomic E-state index is 0.885. The van der Waals surface area contributed by atoms with Crippen LogP contribution in [0.5, 0.6) is 0 Å². The van der Waals surface area contributed by atoms with Gasteiger partial charge < -0.3 is 0 Å². The van der Waals surface area contributed by atoms with Crippen molar-refractivity contribution in [1.29, 1.82) is 0 Å². The van der Waals surface area contributed by atoms with Crippen molar-refractivity contribution >= 4 is 0 Å². The second-order valence-electron chi connectivity index (χ2n) is 3.52. The Morgan fingerprint density at radius 2 is 1.05 bits per heavy atom. The van der Waals surface area contributed by atoms with Gasteiger partial charge in [-0.05, 0) is 37.1 Å². The molecule has 0 spiro atoms. The second-order valence-corrected chi connectivity index (χ2v) is 3.52. The lowest BCUT2D eigenvalue weighted by Gasteiger charge is -1.91. The molecule has 0 N–H and O–H groups in total. The highest BCUT2D eigenvalue weighted by Crippen LogP contribution is 2.11. The van der Waals surface area contributed by atoms with E-state index in [1.807, 2.05) is 64.2 Å². The monoisotopic (exact) mass is 270 g/mol. The smallest absolute Gasteiger partial charge is 0.0853 e. The molecule has 2 aliphatic rings. The maximum Gasteiger partial charge on any atom is 0.0853 e. The summed E-state index contributed by atoms with van der Waals surface area (Å²) in [6.45, 7) is 8.00. The molecule has 0 saturated carbocycles. The average molecular weight is 270 g/mol. The van der Waals surface area contributed by atoms with Gasteiger partial charge in [0.1, 0.15) is 0 Å². The molecule has 0 aromatic heterocycles. The first-order valence-electron chi connectivity index (χ1n) is 7.43. The van der Waals surface area contributed by atoms with Crippen LogP contribution in [0.15, 0.2) is 82.4 Å². The Balaban J connectivity index is 0.000000829. The van der Waals surface area contributed by atoms with Crippen LogP contribution >= 0.6 is 0 Å². The summed E-state index contributed by atoms with van der Waals surface area (Å²) in [6.07, 6.45) is 22.2. The summed E-state index contributed by atoms with van der Waals surface area (Å²) >= 11 is 0. The zero-order chi connectivity index (χ0) is 15.1. The minimum Gasteiger partial charge on any atom is -0.151 e. The van der Waals surface area contributed by atoms with Gasteiger partial charge in [-0.2, -0.15) is 10.2 Å². The fourth-order valence-electron chi connectivity index (χ4n) is 1.39. The van der Waals surface area contributed by atoms with E-state index in [0.717, 1.165) is 24.2 Å². The largest absolute Gasteiger partial charge is 0.151 e. The van der Waals surface area contributed by atoms with Crippen molar-refractivity contribution in [2.24, 2.45) is 10.2 Å². The molecule has 0 amide bonds. The first kappa shape index (κ1) is 18.0. The molecular weight excluding hydrogens is 244 g/mol. The molecule has 2 aliphatic carbocycles. The third kappa shape index (κ3) is 8.20. The van der Waals surface area contributed by atoms with Crippen LogP contribution in [0.25, 0.3) is 0 Å². The lowest BCUT2D eigenvalue weighted by Crippen LogP contribution is -1.72. The predicted octanol–water partition coefficient (Wildman–Crippen LogP) is 6.29. The summed E-state index contributed by atoms with van der Waals surface area (Å²) in [5.41, 5.74) is 1.77. The van der Waals surface area contributed by atoms with Crippen LogP contribution in [0.2, 0.25) is 0 Å². The highest BCUT2D eigenvalue weighted by molar-refractivity contribution is 5.28. The van der Waals surface area contributed by atoms with E-state index in [4.69, 9.17) is 0 Å². The van der Waals surface area contributed by atoms with Gasteiger partial charge in [0, 0.05) is 0 Å². The number of allylic oxidation sites excluding steroid dienone is 10. The van der Waals surface area contributed by atoms with Crippen molar-refractivity contribution in [2.45, 2.75) is 40.5 Å². The predicted molar refractivity (Wildman–Crippen MR) is 89.5 cm³/mol. The molecule has 108 valence electrons. The fraction of sp³-hybridized carbons (Fsp3) is 0.333. The highest BCUT2D eigenvalue weighted by atomic mass is 15.1. The molecule has 0 aliphatic heterocycles. The number of rotatable bonds is 2. The van der Waals surface area contributed by atoms with Gasteiger partial charge in [0.25, 0.3) is 0 Å². The topological polar surface area (TPSA) is 24.7 Å². The SMILES string of the molecule is C1=CCC=CC(N=NC2=CC=CCC=C2)=C1.CC.CC. The van der Waals surface area contributed by atoms with Crippen molar-refractivity contribution in [3.8, 4) is 0 Å². The molecule has 0 saturated heterocycles. The van der Waals surface area contributed by atoms with Crippen LogP contribution in [-0.2, 0) is 0 Å². The number of nitrogens with zero attached hydrogens (tertiary/aromatic N) is 2. The first-order chi connectivity index (χ1) is 9.95. The summed E-state index contributed by atoms with van der Waals surface area (Å²) < 4.78 is 0. The Labute approximate surface area is 123 Å². The van der Waals surface area contributed by atoms with E-state index in [-0.39, 0.29) is 0 Å². The van der Waals surface area contributed by atoms with Gasteiger partial charge in [-0.15, -0.1) is 0 Å². The second kappa shape index (κ2) is 13.5. The van der Waals surface area contributed by atoms with Crippen molar-refractivity contribution < 1.29 is 0 Å². The van der Waals surface area contributed by atoms with Gasteiger partial charge >= 0.3 is 0 Å². The molecule has 0 atom stereocenters. The molecule has 0 fully saturated rings. The molecule has 0 radical (unpaired) electrons. The van der Waals surface area contributed by atoms with Gasteiger partial charge in [-0.25, -0.2) is 0 Å². The average Bonchev–Trinajstić information content (AvgIpc) is 2.94. The van der Waals surface area contributed by atoms with Gasteiger partial charge in [0.2, 0.25) is 0 Å². The van der Waals surface area contributed by atoms with Gasteiger partial charge in [-0.1, -0.05) is 64.2 Å². The highest BCUT2D eigenvalue weighted by Gasteiger charge is 1.92. The Bertz CT molecular complexity index is 402. The van der Waals surface area contributed by atoms with Crippen LogP contribution in [0, 0.1) is 0 Å². The Morgan fingerprint density at radius 1 is 0.650 bits per heavy atom. The van der Waals surface area contributed by atoms with Crippen LogP contribution in [0.1, 0.15) is 40.5 Å². The van der Waals surface area contributed by atoms with Gasteiger partial charge in [0.05, 0.1) is 11.4 Å². The first-order valence-corrected chi connectivity index (χ1v) is 7.43. The van der Waals surface area contributed by atoms with Crippen LogP contribution in [-0.4, -0.2) is 0 Å². The third-order valence-electron chi connectivity index (χ3n) is 2.21. The Kier molecular flexibility index (Phi) is 12.2. The van der Waals surface area contributed by atoms with Crippen LogP contribution in [0.3, 0.4) is 0 Å². The van der Waals surface area contributed by atoms with Crippen molar-refractivity contribution in [3.63, 3.8) is 0 Å². The van der Waals surface area contributed by atoms with E-state index in [0.29, 0.717) is 0 Å². The molecule has 0 aromatic rings. The summed E-state index contributed by atoms with van der Waals surface area (Å²) in [7, 11) is 0. The van der Waals surface area contributed by atoms with Crippen LogP contribution < -0.4 is 0 Å². The van der Waals surface area contributed by atoms with E-state index in [1.165, 1.54) is 0 Å². The lowest BCUT2D eigenvalue weighted by molar-refractivity contribution is 1.12. The Hall–Kier alpha value is -1.96. The van der Waals surface area contributed by atoms with Crippen molar-refractivity contribution in [2.75, 3.05) is 0 Å². The van der Waals surface area contributed by atoms with E-state index < -0.39 is 0 Å².